The van der Waals surface area contributed by atoms with Crippen LogP contribution in [0.15, 0.2) is 42.7 Å². The number of piperidine rings is 1. The minimum absolute atomic E-state index is 0.110. The van der Waals surface area contributed by atoms with E-state index in [2.05, 4.69) is 15.4 Å². The summed E-state index contributed by atoms with van der Waals surface area (Å²) in [6, 6.07) is 7.28. The molecule has 2 atom stereocenters. The molecule has 12 heteroatoms. The summed E-state index contributed by atoms with van der Waals surface area (Å²) in [5.74, 6) is -0.262. The third-order valence-electron chi connectivity index (χ3n) is 6.63. The molecule has 0 saturated carbocycles. The second kappa shape index (κ2) is 9.15. The van der Waals surface area contributed by atoms with Crippen molar-refractivity contribution in [2.45, 2.75) is 37.5 Å². The lowest BCUT2D eigenvalue weighted by molar-refractivity contribution is 0.0925. The second-order valence-corrected chi connectivity index (χ2v) is 11.1. The number of hydrogen-bond acceptors (Lipinski definition) is 6. The zero-order valence-electron chi connectivity index (χ0n) is 19.1. The Labute approximate surface area is 201 Å². The number of amides is 1. The van der Waals surface area contributed by atoms with Crippen molar-refractivity contribution in [3.05, 3.63) is 59.7 Å². The van der Waals surface area contributed by atoms with E-state index in [9.17, 15) is 22.0 Å². The van der Waals surface area contributed by atoms with E-state index < -0.39 is 16.2 Å². The molecule has 2 fully saturated rings. The summed E-state index contributed by atoms with van der Waals surface area (Å²) in [7, 11) is -3.25. The number of carbonyl (C=O) groups excluding carboxylic acids is 1. The number of hydrogen-bond donors (Lipinski definition) is 1. The van der Waals surface area contributed by atoms with Crippen molar-refractivity contribution in [2.75, 3.05) is 30.8 Å². The van der Waals surface area contributed by atoms with Gasteiger partial charge in [0.25, 0.3) is 5.91 Å². The Morgan fingerprint density at radius 1 is 1.20 bits per heavy atom. The largest absolute Gasteiger partial charge is 0.349 e. The minimum atomic E-state index is -3.25. The summed E-state index contributed by atoms with van der Waals surface area (Å²) in [5.41, 5.74) is 1.27. The van der Waals surface area contributed by atoms with Crippen molar-refractivity contribution in [2.24, 2.45) is 0 Å². The fraction of sp³-hybridized carbons (Fsp3) is 0.435. The number of benzene rings is 1. The van der Waals surface area contributed by atoms with Gasteiger partial charge in [-0.3, -0.25) is 4.79 Å². The first-order chi connectivity index (χ1) is 16.7. The minimum Gasteiger partial charge on any atom is -0.349 e. The van der Waals surface area contributed by atoms with Gasteiger partial charge in [0.05, 0.1) is 25.0 Å². The number of nitrogens with one attached hydrogen (secondary N) is 1. The van der Waals surface area contributed by atoms with Gasteiger partial charge in [0.2, 0.25) is 10.0 Å². The van der Waals surface area contributed by atoms with Crippen LogP contribution >= 0.6 is 0 Å². The van der Waals surface area contributed by atoms with Crippen molar-refractivity contribution in [3.8, 4) is 0 Å². The summed E-state index contributed by atoms with van der Waals surface area (Å²) in [6.45, 7) is 0.808. The van der Waals surface area contributed by atoms with Gasteiger partial charge in [0.15, 0.2) is 5.65 Å². The molecule has 0 bridgehead atoms. The van der Waals surface area contributed by atoms with E-state index in [0.717, 1.165) is 0 Å². The quantitative estimate of drug-likeness (QED) is 0.573. The summed E-state index contributed by atoms with van der Waals surface area (Å²) in [6.07, 6.45) is 4.42. The number of alkyl halides is 1. The lowest BCUT2D eigenvalue weighted by atomic mass is 10.0. The van der Waals surface area contributed by atoms with Crippen molar-refractivity contribution < 1.29 is 22.0 Å². The number of nitrogens with zero attached hydrogens (tertiary/aromatic N) is 5. The van der Waals surface area contributed by atoms with Crippen LogP contribution in [0.2, 0.25) is 0 Å². The highest BCUT2D eigenvalue weighted by atomic mass is 32.2. The van der Waals surface area contributed by atoms with Crippen LogP contribution in [-0.4, -0.2) is 71.3 Å². The van der Waals surface area contributed by atoms with Crippen LogP contribution in [0.3, 0.4) is 0 Å². The monoisotopic (exact) mass is 504 g/mol. The van der Waals surface area contributed by atoms with Crippen molar-refractivity contribution in [1.29, 1.82) is 0 Å². The third kappa shape index (κ3) is 4.85. The molecule has 2 aliphatic rings. The van der Waals surface area contributed by atoms with Gasteiger partial charge in [-0.1, -0.05) is 12.1 Å². The van der Waals surface area contributed by atoms with Gasteiger partial charge in [-0.25, -0.2) is 31.0 Å². The zero-order chi connectivity index (χ0) is 24.7. The molecular formula is C23H26F2N6O3S. The van der Waals surface area contributed by atoms with E-state index >= 15 is 0 Å². The van der Waals surface area contributed by atoms with E-state index in [1.165, 1.54) is 33.4 Å². The number of sulfonamides is 1. The fourth-order valence-corrected chi connectivity index (χ4v) is 5.72. The zero-order valence-corrected chi connectivity index (χ0v) is 20.0. The maximum Gasteiger partial charge on any atom is 0.256 e. The molecule has 9 nitrogen and oxygen atoms in total. The number of halogens is 2. The number of anilines is 1. The van der Waals surface area contributed by atoms with Crippen LogP contribution in [0, 0.1) is 5.82 Å². The normalized spacial score (nSPS) is 22.1. The maximum absolute atomic E-state index is 14.4. The first-order valence-electron chi connectivity index (χ1n) is 11.5. The smallest absolute Gasteiger partial charge is 0.256 e. The van der Waals surface area contributed by atoms with Gasteiger partial charge in [-0.2, -0.15) is 5.10 Å². The Kier molecular flexibility index (Phi) is 6.18. The van der Waals surface area contributed by atoms with Gasteiger partial charge in [0, 0.05) is 31.7 Å². The molecule has 2 saturated heterocycles. The van der Waals surface area contributed by atoms with Crippen molar-refractivity contribution in [3.63, 3.8) is 0 Å². The Morgan fingerprint density at radius 3 is 2.69 bits per heavy atom. The van der Waals surface area contributed by atoms with E-state index in [1.807, 2.05) is 0 Å². The highest BCUT2D eigenvalue weighted by Crippen LogP contribution is 2.37. The van der Waals surface area contributed by atoms with E-state index in [0.29, 0.717) is 43.0 Å². The van der Waals surface area contributed by atoms with Crippen LogP contribution in [0.4, 0.5) is 14.6 Å². The number of aromatic nitrogens is 3. The molecule has 2 aliphatic heterocycles. The van der Waals surface area contributed by atoms with Crippen LogP contribution in [0.25, 0.3) is 5.65 Å². The number of rotatable bonds is 5. The lowest BCUT2D eigenvalue weighted by Crippen LogP contribution is -2.46. The van der Waals surface area contributed by atoms with Crippen LogP contribution in [-0.2, 0) is 10.0 Å². The molecule has 1 unspecified atom stereocenters. The predicted octanol–water partition coefficient (Wildman–Crippen LogP) is 2.31. The SMILES string of the molecule is CS(=O)(=O)N1CCC(NC(=O)c2cnn3ccc(N4C[C@@H](F)CC4c4cccc(F)c4)nc23)CC1. The van der Waals surface area contributed by atoms with E-state index in [4.69, 9.17) is 0 Å². The first-order valence-corrected chi connectivity index (χ1v) is 13.3. The van der Waals surface area contributed by atoms with Gasteiger partial charge in [-0.05, 0) is 36.6 Å². The Hall–Kier alpha value is -3.12. The Balaban J connectivity index is 1.36. The first kappa shape index (κ1) is 23.6. The molecule has 1 aromatic carbocycles. The molecule has 0 aliphatic carbocycles. The molecule has 1 amide bonds. The highest BCUT2D eigenvalue weighted by Gasteiger charge is 2.35. The number of fused-ring (bicyclic) bond motifs is 1. The number of carbonyl (C=O) groups is 1. The highest BCUT2D eigenvalue weighted by molar-refractivity contribution is 7.88. The molecular weight excluding hydrogens is 478 g/mol. The summed E-state index contributed by atoms with van der Waals surface area (Å²) in [4.78, 5) is 19.4. The third-order valence-corrected chi connectivity index (χ3v) is 7.94. The lowest BCUT2D eigenvalue weighted by Gasteiger charge is -2.30. The molecule has 1 N–H and O–H groups in total. The topological polar surface area (TPSA) is 99.9 Å². The molecule has 4 heterocycles. The summed E-state index contributed by atoms with van der Waals surface area (Å²) in [5, 5.41) is 7.17. The van der Waals surface area contributed by atoms with Crippen LogP contribution in [0.1, 0.15) is 41.2 Å². The second-order valence-electron chi connectivity index (χ2n) is 9.08. The van der Waals surface area contributed by atoms with Crippen LogP contribution in [0.5, 0.6) is 0 Å². The van der Waals surface area contributed by atoms with E-state index in [1.54, 1.807) is 29.3 Å². The molecule has 35 heavy (non-hydrogen) atoms. The molecule has 0 spiro atoms. The fourth-order valence-electron chi connectivity index (χ4n) is 4.84. The molecule has 186 valence electrons. The average molecular weight is 505 g/mol. The maximum atomic E-state index is 14.4. The van der Waals surface area contributed by atoms with Gasteiger partial charge >= 0.3 is 0 Å². The Morgan fingerprint density at radius 2 is 1.97 bits per heavy atom. The van der Waals surface area contributed by atoms with E-state index in [-0.39, 0.29) is 42.3 Å². The van der Waals surface area contributed by atoms with Gasteiger partial charge in [0.1, 0.15) is 23.4 Å². The molecule has 2 aromatic heterocycles. The van der Waals surface area contributed by atoms with Crippen molar-refractivity contribution in [1.82, 2.24) is 24.2 Å². The summed E-state index contributed by atoms with van der Waals surface area (Å²) >= 11 is 0. The van der Waals surface area contributed by atoms with Gasteiger partial charge < -0.3 is 10.2 Å². The average Bonchev–Trinajstić information content (AvgIpc) is 3.42. The molecule has 3 aromatic rings. The molecule has 0 radical (unpaired) electrons. The van der Waals surface area contributed by atoms with Crippen molar-refractivity contribution >= 4 is 27.4 Å². The molecule has 5 rings (SSSR count). The summed E-state index contributed by atoms with van der Waals surface area (Å²) < 4.78 is 54.6. The van der Waals surface area contributed by atoms with Crippen LogP contribution < -0.4 is 10.2 Å². The standard InChI is InChI=1S/C23H26F2N6O3S/c1-35(33,34)29-8-5-18(6-9-29)27-23(32)19-13-26-31-10-7-21(28-22(19)31)30-14-17(25)12-20(30)15-3-2-4-16(24)11-15/h2-4,7,10-11,13,17-18,20H,5-6,8-9,12,14H2,1H3,(H,27,32)/t17-,20?/m0/s1. The Bertz CT molecular complexity index is 1360. The predicted molar refractivity (Wildman–Crippen MR) is 126 cm³/mol. The van der Waals surface area contributed by atoms with Gasteiger partial charge in [-0.15, -0.1) is 0 Å².